The highest BCUT2D eigenvalue weighted by Crippen LogP contribution is 2.41. The average molecular weight is 347 g/mol. The van der Waals surface area contributed by atoms with E-state index in [1.807, 2.05) is 19.2 Å². The van der Waals surface area contributed by atoms with Gasteiger partial charge in [0.05, 0.1) is 11.6 Å². The molecule has 0 heterocycles. The highest BCUT2D eigenvalue weighted by molar-refractivity contribution is 9.10. The van der Waals surface area contributed by atoms with Crippen LogP contribution in [0.5, 0.6) is 5.75 Å². The second-order valence-electron chi connectivity index (χ2n) is 5.17. The topological polar surface area (TPSA) is 21.3 Å². The Balaban J connectivity index is 2.36. The van der Waals surface area contributed by atoms with Gasteiger partial charge in [0, 0.05) is 16.6 Å². The lowest BCUT2D eigenvalue weighted by atomic mass is 9.81. The molecule has 1 unspecified atom stereocenters. The zero-order chi connectivity index (χ0) is 13.8. The quantitative estimate of drug-likeness (QED) is 0.832. The van der Waals surface area contributed by atoms with Crippen molar-refractivity contribution in [3.8, 4) is 5.75 Å². The zero-order valence-corrected chi connectivity index (χ0v) is 13.9. The fourth-order valence-corrected chi connectivity index (χ4v) is 4.14. The summed E-state index contributed by atoms with van der Waals surface area (Å²) in [5.41, 5.74) is 1.16. The van der Waals surface area contributed by atoms with E-state index in [1.54, 1.807) is 7.11 Å². The molecule has 1 N–H and O–H groups in total. The summed E-state index contributed by atoms with van der Waals surface area (Å²) in [5.74, 6) is 1.56. The van der Waals surface area contributed by atoms with Crippen LogP contribution in [-0.4, -0.2) is 14.2 Å². The van der Waals surface area contributed by atoms with Crippen LogP contribution in [0.2, 0.25) is 5.02 Å². The number of methoxy groups -OCH3 is 1. The molecular weight excluding hydrogens is 326 g/mol. The molecule has 0 spiro atoms. The van der Waals surface area contributed by atoms with Crippen molar-refractivity contribution in [2.24, 2.45) is 5.92 Å². The third kappa shape index (κ3) is 3.45. The van der Waals surface area contributed by atoms with E-state index in [-0.39, 0.29) is 0 Å². The van der Waals surface area contributed by atoms with Crippen LogP contribution in [0.3, 0.4) is 0 Å². The molecule has 0 aliphatic heterocycles. The van der Waals surface area contributed by atoms with Crippen LogP contribution in [0.15, 0.2) is 16.6 Å². The lowest BCUT2D eigenvalue weighted by Gasteiger charge is -2.31. The van der Waals surface area contributed by atoms with E-state index in [0.29, 0.717) is 12.0 Å². The third-order valence-corrected chi connectivity index (χ3v) is 4.82. The maximum Gasteiger partial charge on any atom is 0.137 e. The Labute approximate surface area is 129 Å². The Kier molecular flexibility index (Phi) is 5.55. The lowest BCUT2D eigenvalue weighted by Crippen LogP contribution is -2.27. The van der Waals surface area contributed by atoms with Crippen molar-refractivity contribution in [2.75, 3.05) is 14.2 Å². The molecule has 1 aliphatic rings. The number of hydrogen-bond acceptors (Lipinski definition) is 2. The summed E-state index contributed by atoms with van der Waals surface area (Å²) in [4.78, 5) is 0. The fourth-order valence-electron chi connectivity index (χ4n) is 3.14. The Morgan fingerprint density at radius 2 is 2.00 bits per heavy atom. The molecule has 1 aromatic carbocycles. The van der Waals surface area contributed by atoms with Gasteiger partial charge in [-0.15, -0.1) is 0 Å². The van der Waals surface area contributed by atoms with E-state index in [2.05, 4.69) is 21.2 Å². The maximum absolute atomic E-state index is 6.21. The molecule has 1 fully saturated rings. The Hall–Kier alpha value is -0.250. The van der Waals surface area contributed by atoms with Crippen molar-refractivity contribution in [3.63, 3.8) is 0 Å². The number of rotatable bonds is 4. The highest BCUT2D eigenvalue weighted by Gasteiger charge is 2.27. The minimum absolute atomic E-state index is 0.310. The molecule has 0 aromatic heterocycles. The van der Waals surface area contributed by atoms with Crippen molar-refractivity contribution in [1.82, 2.24) is 5.32 Å². The standard InChI is InChI=1S/C15H21BrClNO/c1-18-14(10-6-4-3-5-7-10)12-8-11(17)9-13(16)15(12)19-2/h8-10,14,18H,3-7H2,1-2H3. The summed E-state index contributed by atoms with van der Waals surface area (Å²) in [6.45, 7) is 0. The Bertz CT molecular complexity index is 432. The van der Waals surface area contributed by atoms with Crippen LogP contribution in [0.4, 0.5) is 0 Å². The SMILES string of the molecule is CNC(c1cc(Cl)cc(Br)c1OC)C1CCCCC1. The molecule has 106 valence electrons. The van der Waals surface area contributed by atoms with E-state index < -0.39 is 0 Å². The Morgan fingerprint density at radius 1 is 1.32 bits per heavy atom. The predicted octanol–water partition coefficient (Wildman–Crippen LogP) is 4.95. The molecule has 19 heavy (non-hydrogen) atoms. The van der Waals surface area contributed by atoms with Crippen molar-refractivity contribution in [2.45, 2.75) is 38.1 Å². The second kappa shape index (κ2) is 6.96. The van der Waals surface area contributed by atoms with Gasteiger partial charge in [-0.1, -0.05) is 30.9 Å². The number of benzene rings is 1. The van der Waals surface area contributed by atoms with Crippen LogP contribution in [-0.2, 0) is 0 Å². The average Bonchev–Trinajstić information content (AvgIpc) is 2.40. The minimum atomic E-state index is 0.310. The normalized spacial score (nSPS) is 18.3. The number of nitrogens with one attached hydrogen (secondary N) is 1. The summed E-state index contributed by atoms with van der Waals surface area (Å²) < 4.78 is 6.48. The first-order valence-corrected chi connectivity index (χ1v) is 8.04. The van der Waals surface area contributed by atoms with Gasteiger partial charge in [-0.25, -0.2) is 0 Å². The smallest absolute Gasteiger partial charge is 0.137 e. The third-order valence-electron chi connectivity index (χ3n) is 4.01. The minimum Gasteiger partial charge on any atom is -0.495 e. The van der Waals surface area contributed by atoms with E-state index in [9.17, 15) is 0 Å². The van der Waals surface area contributed by atoms with Crippen LogP contribution < -0.4 is 10.1 Å². The number of hydrogen-bond donors (Lipinski definition) is 1. The van der Waals surface area contributed by atoms with Gasteiger partial charge in [0.1, 0.15) is 5.75 Å². The molecule has 1 atom stereocenters. The fraction of sp³-hybridized carbons (Fsp3) is 0.600. The van der Waals surface area contributed by atoms with Gasteiger partial charge in [0.25, 0.3) is 0 Å². The van der Waals surface area contributed by atoms with E-state index >= 15 is 0 Å². The van der Waals surface area contributed by atoms with Gasteiger partial charge in [0.15, 0.2) is 0 Å². The molecule has 0 radical (unpaired) electrons. The monoisotopic (exact) mass is 345 g/mol. The molecule has 4 heteroatoms. The van der Waals surface area contributed by atoms with Crippen LogP contribution in [0.1, 0.15) is 43.7 Å². The number of halogens is 2. The van der Waals surface area contributed by atoms with Crippen LogP contribution in [0, 0.1) is 5.92 Å². The van der Waals surface area contributed by atoms with Gasteiger partial charge in [-0.3, -0.25) is 0 Å². The summed E-state index contributed by atoms with van der Waals surface area (Å²) in [6, 6.07) is 4.23. The van der Waals surface area contributed by atoms with Crippen molar-refractivity contribution in [3.05, 3.63) is 27.2 Å². The summed E-state index contributed by atoms with van der Waals surface area (Å²) in [6.07, 6.45) is 6.57. The maximum atomic E-state index is 6.21. The molecule has 0 amide bonds. The van der Waals surface area contributed by atoms with E-state index in [4.69, 9.17) is 16.3 Å². The second-order valence-corrected chi connectivity index (χ2v) is 6.47. The lowest BCUT2D eigenvalue weighted by molar-refractivity contribution is 0.275. The molecule has 1 aliphatic carbocycles. The van der Waals surface area contributed by atoms with E-state index in [1.165, 1.54) is 32.1 Å². The molecule has 2 rings (SSSR count). The summed E-state index contributed by atoms with van der Waals surface area (Å²) in [7, 11) is 3.73. The molecule has 1 aromatic rings. The molecule has 0 bridgehead atoms. The first-order chi connectivity index (χ1) is 9.17. The van der Waals surface area contributed by atoms with Gasteiger partial charge < -0.3 is 10.1 Å². The van der Waals surface area contributed by atoms with Crippen molar-refractivity contribution >= 4 is 27.5 Å². The van der Waals surface area contributed by atoms with Crippen LogP contribution in [0.25, 0.3) is 0 Å². The van der Waals surface area contributed by atoms with Gasteiger partial charge in [-0.05, 0) is 53.9 Å². The zero-order valence-electron chi connectivity index (χ0n) is 11.5. The van der Waals surface area contributed by atoms with Crippen molar-refractivity contribution < 1.29 is 4.74 Å². The molecule has 0 saturated heterocycles. The molecule has 1 saturated carbocycles. The molecular formula is C15H21BrClNO. The predicted molar refractivity (Wildman–Crippen MR) is 84.1 cm³/mol. The van der Waals surface area contributed by atoms with Gasteiger partial charge in [-0.2, -0.15) is 0 Å². The largest absolute Gasteiger partial charge is 0.495 e. The summed E-state index contributed by atoms with van der Waals surface area (Å²) >= 11 is 9.75. The van der Waals surface area contributed by atoms with Crippen molar-refractivity contribution in [1.29, 1.82) is 0 Å². The van der Waals surface area contributed by atoms with E-state index in [0.717, 1.165) is 20.8 Å². The first kappa shape index (κ1) is 15.1. The van der Waals surface area contributed by atoms with Gasteiger partial charge >= 0.3 is 0 Å². The van der Waals surface area contributed by atoms with Gasteiger partial charge in [0.2, 0.25) is 0 Å². The first-order valence-electron chi connectivity index (χ1n) is 6.87. The highest BCUT2D eigenvalue weighted by atomic mass is 79.9. The Morgan fingerprint density at radius 3 is 2.58 bits per heavy atom. The number of ether oxygens (including phenoxy) is 1. The van der Waals surface area contributed by atoms with Crippen LogP contribution >= 0.6 is 27.5 Å². The summed E-state index contributed by atoms with van der Waals surface area (Å²) in [5, 5.41) is 4.21. The molecule has 2 nitrogen and oxygen atoms in total.